The summed E-state index contributed by atoms with van der Waals surface area (Å²) in [5.74, 6) is 2.27. The van der Waals surface area contributed by atoms with Crippen molar-refractivity contribution < 1.29 is 0 Å². The number of hydrogen-bond donors (Lipinski definition) is 0. The molecule has 20 heavy (non-hydrogen) atoms. The van der Waals surface area contributed by atoms with Crippen LogP contribution in [0.15, 0.2) is 0 Å². The average molecular weight is 270 g/mol. The smallest absolute Gasteiger partial charge is 0.0631 e. The summed E-state index contributed by atoms with van der Waals surface area (Å²) in [5, 5.41) is -0.473. The quantitative estimate of drug-likeness (QED) is 0.437. The molecule has 0 nitrogen and oxygen atoms in total. The van der Waals surface area contributed by atoms with E-state index in [1.807, 2.05) is 0 Å². The van der Waals surface area contributed by atoms with E-state index >= 15 is 0 Å². The minimum absolute atomic E-state index is 0.102. The molecule has 0 aromatic carbocycles. The summed E-state index contributed by atoms with van der Waals surface area (Å²) in [6.07, 6.45) is 13.1. The SMILES string of the molecule is [B]C([B])(C1CC2CCC1CC2)C(C)(CC)CCCCC. The largest absolute Gasteiger partial charge is 0.0908 e. The fraction of sp³-hybridized carbons (Fsp3) is 1.00. The predicted octanol–water partition coefficient (Wildman–Crippen LogP) is 5.26. The second-order valence-corrected chi connectivity index (χ2v) is 7.93. The van der Waals surface area contributed by atoms with Gasteiger partial charge in [-0.1, -0.05) is 64.5 Å². The molecule has 110 valence electrons. The van der Waals surface area contributed by atoms with Crippen LogP contribution in [0.5, 0.6) is 0 Å². The molecule has 3 saturated carbocycles. The second-order valence-electron chi connectivity index (χ2n) is 7.93. The lowest BCUT2D eigenvalue weighted by atomic mass is 9.33. The normalized spacial score (nSPS) is 33.0. The first kappa shape index (κ1) is 16.5. The molecule has 4 radical (unpaired) electrons. The lowest BCUT2D eigenvalue weighted by molar-refractivity contribution is 0.0401. The Labute approximate surface area is 129 Å². The van der Waals surface area contributed by atoms with Gasteiger partial charge in [0, 0.05) is 0 Å². The molecule has 3 aliphatic rings. The lowest BCUT2D eigenvalue weighted by Crippen LogP contribution is -2.47. The molecule has 0 N–H and O–H groups in total. The Balaban J connectivity index is 2.09. The summed E-state index contributed by atoms with van der Waals surface area (Å²) in [6, 6.07) is 0. The summed E-state index contributed by atoms with van der Waals surface area (Å²) in [4.78, 5) is 0. The van der Waals surface area contributed by atoms with Gasteiger partial charge < -0.3 is 0 Å². The Morgan fingerprint density at radius 1 is 1.00 bits per heavy atom. The maximum Gasteiger partial charge on any atom is 0.0631 e. The summed E-state index contributed by atoms with van der Waals surface area (Å²) < 4.78 is 0. The van der Waals surface area contributed by atoms with E-state index in [4.69, 9.17) is 15.7 Å². The maximum absolute atomic E-state index is 6.83. The van der Waals surface area contributed by atoms with Gasteiger partial charge in [-0.15, -0.1) is 0 Å². The third kappa shape index (κ3) is 3.00. The number of fused-ring (bicyclic) bond motifs is 3. The molecule has 2 bridgehead atoms. The molecular formula is C18H32B2. The van der Waals surface area contributed by atoms with Crippen LogP contribution in [-0.4, -0.2) is 15.7 Å². The van der Waals surface area contributed by atoms with Crippen molar-refractivity contribution in [1.29, 1.82) is 0 Å². The van der Waals surface area contributed by atoms with Gasteiger partial charge in [0.25, 0.3) is 0 Å². The van der Waals surface area contributed by atoms with E-state index in [9.17, 15) is 0 Å². The number of rotatable bonds is 7. The molecule has 0 saturated heterocycles. The van der Waals surface area contributed by atoms with Crippen molar-refractivity contribution in [2.45, 2.75) is 90.2 Å². The van der Waals surface area contributed by atoms with Gasteiger partial charge in [-0.25, -0.2) is 0 Å². The van der Waals surface area contributed by atoms with Crippen molar-refractivity contribution in [3.8, 4) is 0 Å². The maximum atomic E-state index is 6.83. The van der Waals surface area contributed by atoms with Crippen LogP contribution >= 0.6 is 0 Å². The fourth-order valence-corrected chi connectivity index (χ4v) is 4.88. The van der Waals surface area contributed by atoms with Gasteiger partial charge in [0.1, 0.15) is 0 Å². The van der Waals surface area contributed by atoms with Crippen LogP contribution in [-0.2, 0) is 0 Å². The van der Waals surface area contributed by atoms with Crippen LogP contribution in [0.3, 0.4) is 0 Å². The van der Waals surface area contributed by atoms with Gasteiger partial charge in [0.15, 0.2) is 0 Å². The lowest BCUT2D eigenvalue weighted by Gasteiger charge is -2.57. The summed E-state index contributed by atoms with van der Waals surface area (Å²) in [6.45, 7) is 6.90. The first-order chi connectivity index (χ1) is 9.44. The van der Waals surface area contributed by atoms with Crippen LogP contribution in [0.4, 0.5) is 0 Å². The van der Waals surface area contributed by atoms with E-state index in [1.165, 1.54) is 57.8 Å². The standard InChI is InChI=1S/C18H32B2/c1-4-6-7-12-17(3,5-2)18(19,20)16-13-14-8-10-15(16)11-9-14/h14-16H,4-13H2,1-3H3. The molecular weight excluding hydrogens is 238 g/mol. The van der Waals surface area contributed by atoms with Gasteiger partial charge in [-0.3, -0.25) is 0 Å². The van der Waals surface area contributed by atoms with E-state index in [-0.39, 0.29) is 5.41 Å². The van der Waals surface area contributed by atoms with E-state index < -0.39 is 5.21 Å². The molecule has 0 heterocycles. The molecule has 2 unspecified atom stereocenters. The molecule has 2 atom stereocenters. The highest BCUT2D eigenvalue weighted by molar-refractivity contribution is 6.40. The van der Waals surface area contributed by atoms with Crippen molar-refractivity contribution in [1.82, 2.24) is 0 Å². The fourth-order valence-electron chi connectivity index (χ4n) is 4.88. The molecule has 0 spiro atoms. The van der Waals surface area contributed by atoms with Crippen molar-refractivity contribution in [2.24, 2.45) is 23.2 Å². The van der Waals surface area contributed by atoms with Gasteiger partial charge >= 0.3 is 0 Å². The topological polar surface area (TPSA) is 0 Å². The zero-order valence-corrected chi connectivity index (χ0v) is 14.0. The summed E-state index contributed by atoms with van der Waals surface area (Å²) in [5.41, 5.74) is 0.102. The van der Waals surface area contributed by atoms with Crippen molar-refractivity contribution in [3.05, 3.63) is 0 Å². The minimum atomic E-state index is -0.473. The van der Waals surface area contributed by atoms with Gasteiger partial charge in [0.05, 0.1) is 15.7 Å². The molecule has 0 amide bonds. The Morgan fingerprint density at radius 2 is 1.65 bits per heavy atom. The van der Waals surface area contributed by atoms with Gasteiger partial charge in [-0.05, 0) is 48.9 Å². The van der Waals surface area contributed by atoms with Crippen molar-refractivity contribution in [2.75, 3.05) is 0 Å². The van der Waals surface area contributed by atoms with Crippen LogP contribution < -0.4 is 0 Å². The monoisotopic (exact) mass is 270 g/mol. The van der Waals surface area contributed by atoms with Crippen molar-refractivity contribution in [3.63, 3.8) is 0 Å². The first-order valence-electron chi connectivity index (χ1n) is 9.02. The zero-order chi connectivity index (χ0) is 14.8. The van der Waals surface area contributed by atoms with Crippen LogP contribution in [0.2, 0.25) is 5.21 Å². The molecule has 3 aliphatic carbocycles. The predicted molar refractivity (Wildman–Crippen MR) is 90.3 cm³/mol. The Hall–Kier alpha value is 0.130. The van der Waals surface area contributed by atoms with E-state index in [0.717, 1.165) is 18.3 Å². The zero-order valence-electron chi connectivity index (χ0n) is 14.0. The molecule has 3 fully saturated rings. The van der Waals surface area contributed by atoms with E-state index in [2.05, 4.69) is 20.8 Å². The number of hydrogen-bond acceptors (Lipinski definition) is 0. The van der Waals surface area contributed by atoms with Crippen LogP contribution in [0, 0.1) is 23.2 Å². The van der Waals surface area contributed by atoms with Crippen molar-refractivity contribution >= 4 is 15.7 Å². The average Bonchev–Trinajstić information content (AvgIpc) is 2.48. The molecule has 2 heteroatoms. The third-order valence-electron chi connectivity index (χ3n) is 6.82. The molecule has 3 rings (SSSR count). The van der Waals surface area contributed by atoms with Gasteiger partial charge in [-0.2, -0.15) is 0 Å². The third-order valence-corrected chi connectivity index (χ3v) is 6.82. The van der Waals surface area contributed by atoms with E-state index in [1.54, 1.807) is 0 Å². The van der Waals surface area contributed by atoms with E-state index in [0.29, 0.717) is 5.92 Å². The second kappa shape index (κ2) is 6.49. The molecule has 0 aromatic heterocycles. The molecule has 0 aliphatic heterocycles. The highest BCUT2D eigenvalue weighted by atomic mass is 14.5. The van der Waals surface area contributed by atoms with Crippen LogP contribution in [0.25, 0.3) is 0 Å². The molecule has 0 aromatic rings. The Morgan fingerprint density at radius 3 is 2.10 bits per heavy atom. The summed E-state index contributed by atoms with van der Waals surface area (Å²) in [7, 11) is 13.7. The highest BCUT2D eigenvalue weighted by Crippen LogP contribution is 2.60. The summed E-state index contributed by atoms with van der Waals surface area (Å²) >= 11 is 0. The van der Waals surface area contributed by atoms with Crippen LogP contribution in [0.1, 0.15) is 85.0 Å². The number of unbranched alkanes of at least 4 members (excludes halogenated alkanes) is 2. The Bertz CT molecular complexity index is 305. The highest BCUT2D eigenvalue weighted by Gasteiger charge is 2.49. The first-order valence-corrected chi connectivity index (χ1v) is 9.02. The van der Waals surface area contributed by atoms with Gasteiger partial charge in [0.2, 0.25) is 0 Å². The minimum Gasteiger partial charge on any atom is -0.0908 e. The Kier molecular flexibility index (Phi) is 5.35.